The van der Waals surface area contributed by atoms with Crippen LogP contribution in [0.4, 0.5) is 5.88 Å². The van der Waals surface area contributed by atoms with E-state index in [0.29, 0.717) is 0 Å². The highest BCUT2D eigenvalue weighted by molar-refractivity contribution is 8.03. The average Bonchev–Trinajstić information content (AvgIpc) is 3.20. The summed E-state index contributed by atoms with van der Waals surface area (Å²) in [7, 11) is 0. The molecule has 0 aliphatic carbocycles. The summed E-state index contributed by atoms with van der Waals surface area (Å²) < 4.78 is 10.3. The lowest BCUT2D eigenvalue weighted by molar-refractivity contribution is -0.402. The second-order valence-electron chi connectivity index (χ2n) is 5.75. The van der Waals surface area contributed by atoms with Gasteiger partial charge in [0.2, 0.25) is 0 Å². The van der Waals surface area contributed by atoms with Crippen LogP contribution in [0.15, 0.2) is 22.0 Å². The predicted molar refractivity (Wildman–Crippen MR) is 85.3 cm³/mol. The van der Waals surface area contributed by atoms with Crippen molar-refractivity contribution in [2.45, 2.75) is 35.5 Å². The molecule has 6 atom stereocenters. The van der Waals surface area contributed by atoms with Crippen LogP contribution in [0.3, 0.4) is 0 Å². The van der Waals surface area contributed by atoms with Crippen molar-refractivity contribution in [3.05, 3.63) is 33.4 Å². The zero-order chi connectivity index (χ0) is 19.2. The third-order valence-corrected chi connectivity index (χ3v) is 5.10. The third-order valence-electron chi connectivity index (χ3n) is 4.02. The molecular formula is C13H15N3O9S. The van der Waals surface area contributed by atoms with E-state index in [9.17, 15) is 30.2 Å². The van der Waals surface area contributed by atoms with Gasteiger partial charge in [-0.2, -0.15) is 0 Å². The summed E-state index contributed by atoms with van der Waals surface area (Å²) in [5, 5.41) is 53.8. The molecule has 0 aromatic carbocycles. The minimum Gasteiger partial charge on any atom is -0.479 e. The van der Waals surface area contributed by atoms with Crippen molar-refractivity contribution in [3.8, 4) is 0 Å². The summed E-state index contributed by atoms with van der Waals surface area (Å²) in [6.45, 7) is 0. The topological polar surface area (TPSA) is 202 Å². The molecule has 2 aliphatic heterocycles. The Morgan fingerprint density at radius 2 is 2.00 bits per heavy atom. The van der Waals surface area contributed by atoms with Crippen LogP contribution >= 0.6 is 11.8 Å². The largest absolute Gasteiger partial charge is 0.479 e. The number of hydrogen-bond acceptors (Lipinski definition) is 11. The summed E-state index contributed by atoms with van der Waals surface area (Å²) in [6.07, 6.45) is -8.55. The van der Waals surface area contributed by atoms with Gasteiger partial charge in [0.15, 0.2) is 16.9 Å². The first kappa shape index (κ1) is 18.6. The number of nitro groups is 1. The number of aliphatic hydroxyl groups excluding tert-OH is 3. The maximum Gasteiger partial charge on any atom is 0.433 e. The molecule has 0 spiro atoms. The maximum atomic E-state index is 11.2. The number of hydrogen-bond donors (Lipinski definition) is 6. The van der Waals surface area contributed by atoms with Crippen LogP contribution in [-0.2, 0) is 9.53 Å². The van der Waals surface area contributed by atoms with Gasteiger partial charge in [0.25, 0.3) is 0 Å². The number of rotatable bonds is 4. The number of nitrogens with zero attached hydrogens (tertiary/aromatic N) is 1. The van der Waals surface area contributed by atoms with Crippen LogP contribution in [0.25, 0.3) is 5.70 Å². The summed E-state index contributed by atoms with van der Waals surface area (Å²) in [5.74, 6) is -1.92. The van der Waals surface area contributed by atoms with E-state index in [-0.39, 0.29) is 11.5 Å². The van der Waals surface area contributed by atoms with Crippen LogP contribution < -0.4 is 11.1 Å². The Labute approximate surface area is 149 Å². The first-order valence-electron chi connectivity index (χ1n) is 7.26. The summed E-state index contributed by atoms with van der Waals surface area (Å²) in [6, 6.07) is 2.48. The predicted octanol–water partition coefficient (Wildman–Crippen LogP) is -1.63. The van der Waals surface area contributed by atoms with Crippen LogP contribution in [0.5, 0.6) is 0 Å². The van der Waals surface area contributed by atoms with Crippen molar-refractivity contribution in [3.63, 3.8) is 0 Å². The van der Waals surface area contributed by atoms with Gasteiger partial charge in [-0.3, -0.25) is 15.8 Å². The Kier molecular flexibility index (Phi) is 4.68. The van der Waals surface area contributed by atoms with Gasteiger partial charge in [0, 0.05) is 5.41 Å². The zero-order valence-corrected chi connectivity index (χ0v) is 13.7. The lowest BCUT2D eigenvalue weighted by atomic mass is 9.93. The molecule has 12 nitrogen and oxygen atoms in total. The van der Waals surface area contributed by atoms with Crippen molar-refractivity contribution >= 4 is 29.3 Å². The Hall–Kier alpha value is -2.16. The van der Waals surface area contributed by atoms with E-state index in [0.717, 1.165) is 17.8 Å². The van der Waals surface area contributed by atoms with Crippen molar-refractivity contribution in [2.24, 2.45) is 5.73 Å². The van der Waals surface area contributed by atoms with Crippen LogP contribution in [0.2, 0.25) is 0 Å². The molecule has 1 aromatic heterocycles. The summed E-state index contributed by atoms with van der Waals surface area (Å²) in [5.41, 5.74) is 6.39. The molecule has 3 rings (SSSR count). The van der Waals surface area contributed by atoms with Crippen LogP contribution in [0, 0.1) is 10.1 Å². The van der Waals surface area contributed by atoms with E-state index < -0.39 is 52.3 Å². The molecule has 1 saturated heterocycles. The molecule has 0 radical (unpaired) electrons. The fourth-order valence-electron chi connectivity index (χ4n) is 2.69. The Morgan fingerprint density at radius 1 is 1.31 bits per heavy atom. The van der Waals surface area contributed by atoms with E-state index in [2.05, 4.69) is 5.32 Å². The number of nitrogens with one attached hydrogen (secondary N) is 1. The second kappa shape index (κ2) is 6.53. The van der Waals surface area contributed by atoms with Gasteiger partial charge in [-0.1, -0.05) is 11.8 Å². The normalized spacial score (nSPS) is 37.1. The number of aliphatic carboxylic acids is 1. The van der Waals surface area contributed by atoms with E-state index in [1.807, 2.05) is 0 Å². The van der Waals surface area contributed by atoms with Gasteiger partial charge < -0.3 is 34.9 Å². The number of ether oxygens (including phenoxy) is 1. The number of carboxylic acids is 1. The Morgan fingerprint density at radius 3 is 2.58 bits per heavy atom. The van der Waals surface area contributed by atoms with E-state index >= 15 is 0 Å². The molecule has 1 fully saturated rings. The fourth-order valence-corrected chi connectivity index (χ4v) is 3.68. The number of nitrogens with two attached hydrogens (primary N) is 1. The average molecular weight is 389 g/mol. The highest BCUT2D eigenvalue weighted by atomic mass is 32.2. The molecular weight excluding hydrogens is 374 g/mol. The van der Waals surface area contributed by atoms with Crippen molar-refractivity contribution in [1.29, 1.82) is 0 Å². The highest BCUT2D eigenvalue weighted by Crippen LogP contribution is 2.40. The third kappa shape index (κ3) is 3.04. The highest BCUT2D eigenvalue weighted by Gasteiger charge is 2.55. The van der Waals surface area contributed by atoms with Gasteiger partial charge in [0.05, 0.1) is 11.8 Å². The monoisotopic (exact) mass is 389 g/mol. The van der Waals surface area contributed by atoms with E-state index in [4.69, 9.17) is 20.0 Å². The number of carbonyl (C=O) groups is 1. The Bertz CT molecular complexity index is 768. The zero-order valence-electron chi connectivity index (χ0n) is 12.9. The van der Waals surface area contributed by atoms with E-state index in [1.54, 1.807) is 0 Å². The van der Waals surface area contributed by atoms with Gasteiger partial charge in [0.1, 0.15) is 29.3 Å². The smallest absolute Gasteiger partial charge is 0.433 e. The lowest BCUT2D eigenvalue weighted by Crippen LogP contribution is -2.70. The molecule has 0 bridgehead atoms. The number of furan rings is 1. The molecule has 13 heteroatoms. The molecule has 26 heavy (non-hydrogen) atoms. The maximum absolute atomic E-state index is 11.2. The summed E-state index contributed by atoms with van der Waals surface area (Å²) in [4.78, 5) is 19.6. The molecule has 142 valence electrons. The fraction of sp³-hybridized carbons (Fsp3) is 0.462. The second-order valence-corrected chi connectivity index (χ2v) is 6.90. The van der Waals surface area contributed by atoms with Crippen molar-refractivity contribution in [1.82, 2.24) is 5.32 Å². The molecule has 0 saturated carbocycles. The number of aliphatic hydroxyl groups is 3. The molecule has 1 aromatic rings. The minimum atomic E-state index is -1.84. The standard InChI is InChI=1S/C13H15N3O9S/c14-13(11-9(19)7(17)8(18)10(25-11)12(20)21)15-4(3-26-13)5-1-2-6(24-5)16(22)23/h1-3,7-11,15,17-19H,14H2,(H,20,21)/t7-,8-,9+,10-,11+,13+/m0/s1. The first-order chi connectivity index (χ1) is 12.1. The van der Waals surface area contributed by atoms with Crippen molar-refractivity contribution in [2.75, 3.05) is 0 Å². The van der Waals surface area contributed by atoms with Gasteiger partial charge in [-0.15, -0.1) is 0 Å². The molecule has 0 amide bonds. The quantitative estimate of drug-likeness (QED) is 0.254. The van der Waals surface area contributed by atoms with E-state index in [1.165, 1.54) is 11.5 Å². The molecule has 3 heterocycles. The van der Waals surface area contributed by atoms with Gasteiger partial charge in [-0.25, -0.2) is 4.79 Å². The van der Waals surface area contributed by atoms with Crippen molar-refractivity contribution < 1.29 is 39.3 Å². The van der Waals surface area contributed by atoms with Gasteiger partial charge in [-0.05, 0) is 6.07 Å². The Balaban J connectivity index is 1.80. The molecule has 0 unspecified atom stereocenters. The first-order valence-corrected chi connectivity index (χ1v) is 8.14. The molecule has 7 N–H and O–H groups in total. The van der Waals surface area contributed by atoms with Crippen LogP contribution in [-0.4, -0.2) is 66.8 Å². The SMILES string of the molecule is N[C@]1([C@@H]2O[C@H](C(=O)O)[C@@H](O)[C@H](O)[C@H]2O)NC(c2ccc([N+](=O)[O-])o2)=CS1. The number of carboxylic acid groups (broad SMARTS) is 1. The van der Waals surface area contributed by atoms with Gasteiger partial charge >= 0.3 is 11.9 Å². The molecule has 2 aliphatic rings. The number of thioether (sulfide) groups is 1. The van der Waals surface area contributed by atoms with Crippen LogP contribution in [0.1, 0.15) is 5.76 Å². The minimum absolute atomic E-state index is 0.0946. The lowest BCUT2D eigenvalue weighted by Gasteiger charge is -2.45. The summed E-state index contributed by atoms with van der Waals surface area (Å²) >= 11 is 0.897.